The second-order valence-corrected chi connectivity index (χ2v) is 4.16. The number of carbonyl (C=O) groups excluding carboxylic acids is 1. The minimum absolute atomic E-state index is 0.271. The zero-order valence-corrected chi connectivity index (χ0v) is 8.78. The molecule has 0 heterocycles. The van der Waals surface area contributed by atoms with Crippen molar-refractivity contribution in [3.8, 4) is 0 Å². The first kappa shape index (κ1) is 11.8. The van der Waals surface area contributed by atoms with Crippen LogP contribution in [0.15, 0.2) is 0 Å². The summed E-state index contributed by atoms with van der Waals surface area (Å²) in [4.78, 5) is 10.7. The summed E-state index contributed by atoms with van der Waals surface area (Å²) in [5, 5.41) is 0. The van der Waals surface area contributed by atoms with E-state index in [9.17, 15) is 4.79 Å². The molecule has 0 fully saturated rings. The van der Waals surface area contributed by atoms with E-state index in [-0.39, 0.29) is 6.61 Å². The Morgan fingerprint density at radius 2 is 2.08 bits per heavy atom. The van der Waals surface area contributed by atoms with E-state index in [0.29, 0.717) is 0 Å². The average molecular weight is 215 g/mol. The standard InChI is InChI=1S/C7H12Cl2O3/c1-4-11-6(10)12-5(2)7(3,8)9/h5H,4H2,1-3H3. The lowest BCUT2D eigenvalue weighted by molar-refractivity contribution is 0.0285. The van der Waals surface area contributed by atoms with Gasteiger partial charge in [0, 0.05) is 0 Å². The molecule has 0 N–H and O–H groups in total. The van der Waals surface area contributed by atoms with Crippen LogP contribution in [0.1, 0.15) is 20.8 Å². The number of carbonyl (C=O) groups is 1. The van der Waals surface area contributed by atoms with Crippen molar-refractivity contribution in [1.82, 2.24) is 0 Å². The molecule has 1 atom stereocenters. The summed E-state index contributed by atoms with van der Waals surface area (Å²) in [7, 11) is 0. The first-order valence-corrected chi connectivity index (χ1v) is 4.34. The highest BCUT2D eigenvalue weighted by molar-refractivity contribution is 6.48. The number of halogens is 2. The van der Waals surface area contributed by atoms with E-state index in [1.807, 2.05) is 0 Å². The molecule has 5 heteroatoms. The smallest absolute Gasteiger partial charge is 0.435 e. The van der Waals surface area contributed by atoms with Gasteiger partial charge in [-0.25, -0.2) is 4.79 Å². The minimum Gasteiger partial charge on any atom is -0.435 e. The van der Waals surface area contributed by atoms with Crippen LogP contribution in [0.5, 0.6) is 0 Å². The van der Waals surface area contributed by atoms with E-state index >= 15 is 0 Å². The molecule has 0 aliphatic heterocycles. The first-order valence-electron chi connectivity index (χ1n) is 3.59. The predicted molar refractivity (Wildman–Crippen MR) is 47.7 cm³/mol. The van der Waals surface area contributed by atoms with Crippen LogP contribution in [-0.4, -0.2) is 23.2 Å². The van der Waals surface area contributed by atoms with Crippen molar-refractivity contribution in [3.05, 3.63) is 0 Å². The second-order valence-electron chi connectivity index (χ2n) is 2.40. The molecule has 0 radical (unpaired) electrons. The summed E-state index contributed by atoms with van der Waals surface area (Å²) in [6.45, 7) is 5.09. The van der Waals surface area contributed by atoms with Crippen LogP contribution < -0.4 is 0 Å². The van der Waals surface area contributed by atoms with Gasteiger partial charge in [-0.2, -0.15) is 0 Å². The van der Waals surface area contributed by atoms with Crippen LogP contribution in [0.2, 0.25) is 0 Å². The molecule has 3 nitrogen and oxygen atoms in total. The fourth-order valence-corrected chi connectivity index (χ4v) is 0.489. The van der Waals surface area contributed by atoms with Gasteiger partial charge in [0.15, 0.2) is 4.33 Å². The van der Waals surface area contributed by atoms with Crippen molar-refractivity contribution >= 4 is 29.4 Å². The van der Waals surface area contributed by atoms with E-state index in [1.165, 1.54) is 0 Å². The zero-order chi connectivity index (χ0) is 9.78. The van der Waals surface area contributed by atoms with Crippen molar-refractivity contribution in [3.63, 3.8) is 0 Å². The molecule has 12 heavy (non-hydrogen) atoms. The lowest BCUT2D eigenvalue weighted by Crippen LogP contribution is -2.30. The van der Waals surface area contributed by atoms with Gasteiger partial charge in [-0.15, -0.1) is 0 Å². The minimum atomic E-state index is -1.09. The van der Waals surface area contributed by atoms with E-state index in [0.717, 1.165) is 0 Å². The molecule has 0 aliphatic rings. The average Bonchev–Trinajstić information content (AvgIpc) is 1.85. The molecule has 72 valence electrons. The van der Waals surface area contributed by atoms with Gasteiger partial charge in [0.25, 0.3) is 0 Å². The molecule has 0 aromatic rings. The van der Waals surface area contributed by atoms with Crippen molar-refractivity contribution < 1.29 is 14.3 Å². The third kappa shape index (κ3) is 4.67. The maximum Gasteiger partial charge on any atom is 0.508 e. The van der Waals surface area contributed by atoms with Crippen LogP contribution in [0.25, 0.3) is 0 Å². The first-order chi connectivity index (χ1) is 5.38. The molecule has 0 rings (SSSR count). The van der Waals surface area contributed by atoms with Crippen molar-refractivity contribution in [1.29, 1.82) is 0 Å². The van der Waals surface area contributed by atoms with Gasteiger partial charge in [0.2, 0.25) is 0 Å². The number of hydrogen-bond donors (Lipinski definition) is 0. The highest BCUT2D eigenvalue weighted by atomic mass is 35.5. The van der Waals surface area contributed by atoms with Gasteiger partial charge in [0.05, 0.1) is 6.61 Å². The third-order valence-corrected chi connectivity index (χ3v) is 1.86. The molecule has 0 bridgehead atoms. The van der Waals surface area contributed by atoms with Crippen LogP contribution >= 0.6 is 23.2 Å². The largest absolute Gasteiger partial charge is 0.508 e. The van der Waals surface area contributed by atoms with Gasteiger partial charge in [-0.05, 0) is 20.8 Å². The normalized spacial score (nSPS) is 13.8. The van der Waals surface area contributed by atoms with Crippen molar-refractivity contribution in [2.45, 2.75) is 31.2 Å². The Morgan fingerprint density at radius 3 is 2.42 bits per heavy atom. The van der Waals surface area contributed by atoms with E-state index in [1.54, 1.807) is 20.8 Å². The lowest BCUT2D eigenvalue weighted by atomic mass is 10.3. The molecule has 0 saturated heterocycles. The molecular formula is C7H12Cl2O3. The predicted octanol–water partition coefficient (Wildman–Crippen LogP) is 2.74. The fourth-order valence-electron chi connectivity index (χ4n) is 0.400. The summed E-state index contributed by atoms with van der Waals surface area (Å²) in [5.74, 6) is 0. The number of alkyl halides is 2. The highest BCUT2D eigenvalue weighted by Gasteiger charge is 2.29. The third-order valence-electron chi connectivity index (χ3n) is 1.25. The Bertz CT molecular complexity index is 153. The van der Waals surface area contributed by atoms with Gasteiger partial charge in [0.1, 0.15) is 6.10 Å². The summed E-state index contributed by atoms with van der Waals surface area (Å²) in [5.41, 5.74) is 0. The number of rotatable bonds is 3. The zero-order valence-electron chi connectivity index (χ0n) is 7.27. The van der Waals surface area contributed by atoms with E-state index in [2.05, 4.69) is 4.74 Å². The van der Waals surface area contributed by atoms with Gasteiger partial charge in [-0.1, -0.05) is 23.2 Å². The lowest BCUT2D eigenvalue weighted by Gasteiger charge is -2.21. The van der Waals surface area contributed by atoms with E-state index < -0.39 is 16.6 Å². The Kier molecular flexibility index (Phi) is 4.71. The Morgan fingerprint density at radius 1 is 1.58 bits per heavy atom. The molecule has 0 aromatic heterocycles. The number of hydrogen-bond acceptors (Lipinski definition) is 3. The molecule has 0 aromatic carbocycles. The van der Waals surface area contributed by atoms with Gasteiger partial charge in [-0.3, -0.25) is 0 Å². The maximum absolute atomic E-state index is 10.7. The van der Waals surface area contributed by atoms with Crippen molar-refractivity contribution in [2.24, 2.45) is 0 Å². The molecule has 0 amide bonds. The highest BCUT2D eigenvalue weighted by Crippen LogP contribution is 2.26. The number of ether oxygens (including phenoxy) is 2. The summed E-state index contributed by atoms with van der Waals surface area (Å²) in [6, 6.07) is 0. The van der Waals surface area contributed by atoms with Crippen LogP contribution in [0, 0.1) is 0 Å². The molecule has 1 unspecified atom stereocenters. The molecule has 0 saturated carbocycles. The molecule has 0 spiro atoms. The molecular weight excluding hydrogens is 203 g/mol. The summed E-state index contributed by atoms with van der Waals surface area (Å²) >= 11 is 11.3. The topological polar surface area (TPSA) is 35.5 Å². The second kappa shape index (κ2) is 4.77. The Labute approximate surface area is 81.9 Å². The van der Waals surface area contributed by atoms with Crippen LogP contribution in [0.4, 0.5) is 4.79 Å². The van der Waals surface area contributed by atoms with Gasteiger partial charge < -0.3 is 9.47 Å². The molecule has 0 aliphatic carbocycles. The van der Waals surface area contributed by atoms with E-state index in [4.69, 9.17) is 27.9 Å². The Balaban J connectivity index is 3.84. The fraction of sp³-hybridized carbons (Fsp3) is 0.857. The van der Waals surface area contributed by atoms with Crippen LogP contribution in [-0.2, 0) is 9.47 Å². The monoisotopic (exact) mass is 214 g/mol. The Hall–Kier alpha value is -0.150. The SMILES string of the molecule is CCOC(=O)OC(C)C(C)(Cl)Cl. The van der Waals surface area contributed by atoms with Crippen LogP contribution in [0.3, 0.4) is 0 Å². The van der Waals surface area contributed by atoms with Gasteiger partial charge >= 0.3 is 6.16 Å². The summed E-state index contributed by atoms with van der Waals surface area (Å²) in [6.07, 6.45) is -1.35. The van der Waals surface area contributed by atoms with Crippen molar-refractivity contribution in [2.75, 3.05) is 6.61 Å². The maximum atomic E-state index is 10.7. The summed E-state index contributed by atoms with van der Waals surface area (Å²) < 4.78 is 8.17. The quantitative estimate of drug-likeness (QED) is 0.536.